The van der Waals surface area contributed by atoms with Crippen molar-refractivity contribution in [2.24, 2.45) is 12.0 Å². The van der Waals surface area contributed by atoms with E-state index in [1.54, 1.807) is 31.4 Å². The smallest absolute Gasteiger partial charge is 0.357 e. The molecule has 0 aliphatic carbocycles. The van der Waals surface area contributed by atoms with E-state index in [2.05, 4.69) is 20.4 Å². The van der Waals surface area contributed by atoms with Gasteiger partial charge in [-0.25, -0.2) is 19.5 Å². The molecule has 0 amide bonds. The summed E-state index contributed by atoms with van der Waals surface area (Å²) in [6.45, 7) is 0. The summed E-state index contributed by atoms with van der Waals surface area (Å²) in [5.74, 6) is -1.10. The maximum absolute atomic E-state index is 11.5. The highest BCUT2D eigenvalue weighted by Gasteiger charge is 2.19. The van der Waals surface area contributed by atoms with Gasteiger partial charge in [-0.15, -0.1) is 0 Å². The number of nitrogens with zero attached hydrogens (tertiary/aromatic N) is 5. The fourth-order valence-corrected chi connectivity index (χ4v) is 2.92. The number of aromatic nitrogens is 3. The summed E-state index contributed by atoms with van der Waals surface area (Å²) in [4.78, 5) is 20.1. The monoisotopic (exact) mass is 366 g/mol. The van der Waals surface area contributed by atoms with Crippen molar-refractivity contribution in [3.63, 3.8) is 0 Å². The minimum absolute atomic E-state index is 0.0319. The summed E-state index contributed by atoms with van der Waals surface area (Å²) in [7, 11) is 1.66. The number of nitrogens with one attached hydrogen (secondary N) is 1. The molecule has 3 rings (SSSR count). The molecule has 0 saturated heterocycles. The molecule has 130 valence electrons. The van der Waals surface area contributed by atoms with Crippen LogP contribution in [-0.4, -0.2) is 37.3 Å². The van der Waals surface area contributed by atoms with Crippen LogP contribution in [0.15, 0.2) is 41.5 Å². The van der Waals surface area contributed by atoms with Gasteiger partial charge in [0.05, 0.1) is 11.1 Å². The highest BCUT2D eigenvalue weighted by Crippen LogP contribution is 2.31. The van der Waals surface area contributed by atoms with Crippen molar-refractivity contribution in [2.75, 3.05) is 6.26 Å². The number of rotatable bonds is 3. The van der Waals surface area contributed by atoms with E-state index < -0.39 is 5.97 Å². The normalized spacial score (nSPS) is 11.3. The van der Waals surface area contributed by atoms with Gasteiger partial charge in [-0.3, -0.25) is 5.32 Å². The van der Waals surface area contributed by atoms with Crippen LogP contribution in [0, 0.1) is 11.5 Å². The van der Waals surface area contributed by atoms with E-state index in [4.69, 9.17) is 5.26 Å². The van der Waals surface area contributed by atoms with Crippen molar-refractivity contribution in [3.05, 3.63) is 42.2 Å². The Hall–Kier alpha value is -3.38. The molecule has 2 heterocycles. The zero-order valence-electron chi connectivity index (χ0n) is 14.0. The van der Waals surface area contributed by atoms with Crippen molar-refractivity contribution >= 4 is 39.6 Å². The first-order valence-electron chi connectivity index (χ1n) is 7.48. The van der Waals surface area contributed by atoms with Gasteiger partial charge in [-0.2, -0.15) is 10.4 Å². The third-order valence-electron chi connectivity index (χ3n) is 3.69. The Kier molecular flexibility index (Phi) is 4.86. The van der Waals surface area contributed by atoms with E-state index in [1.807, 2.05) is 24.6 Å². The SMILES string of the molecule is CSC(=Nc1ccc(-c2ccnc3c2c(C(=O)O)nn3C)cc1)NC#N. The Morgan fingerprint density at radius 2 is 2.08 bits per heavy atom. The number of carbonyl (C=O) groups is 1. The van der Waals surface area contributed by atoms with Crippen molar-refractivity contribution in [1.29, 1.82) is 5.26 Å². The Labute approximate surface area is 153 Å². The molecular weight excluding hydrogens is 352 g/mol. The highest BCUT2D eigenvalue weighted by atomic mass is 32.2. The number of carboxylic acids is 1. The molecule has 0 bridgehead atoms. The zero-order chi connectivity index (χ0) is 18.7. The van der Waals surface area contributed by atoms with Crippen LogP contribution >= 0.6 is 11.8 Å². The predicted molar refractivity (Wildman–Crippen MR) is 100 cm³/mol. The van der Waals surface area contributed by atoms with Gasteiger partial charge < -0.3 is 5.11 Å². The first-order valence-corrected chi connectivity index (χ1v) is 8.71. The lowest BCUT2D eigenvalue weighted by atomic mass is 10.0. The molecule has 26 heavy (non-hydrogen) atoms. The second-order valence-electron chi connectivity index (χ2n) is 5.24. The largest absolute Gasteiger partial charge is 0.476 e. The van der Waals surface area contributed by atoms with E-state index in [9.17, 15) is 9.90 Å². The number of aryl methyl sites for hydroxylation is 1. The van der Waals surface area contributed by atoms with Gasteiger partial charge in [0.25, 0.3) is 0 Å². The molecule has 0 atom stereocenters. The van der Waals surface area contributed by atoms with Crippen LogP contribution in [0.3, 0.4) is 0 Å². The number of amidine groups is 1. The molecule has 0 saturated carbocycles. The highest BCUT2D eigenvalue weighted by molar-refractivity contribution is 8.13. The fraction of sp³-hybridized carbons (Fsp3) is 0.118. The molecule has 0 unspecified atom stereocenters. The van der Waals surface area contributed by atoms with Crippen molar-refractivity contribution < 1.29 is 9.90 Å². The Morgan fingerprint density at radius 3 is 2.69 bits per heavy atom. The van der Waals surface area contributed by atoms with Gasteiger partial charge >= 0.3 is 5.97 Å². The zero-order valence-corrected chi connectivity index (χ0v) is 14.8. The van der Waals surface area contributed by atoms with Crippen LogP contribution < -0.4 is 5.32 Å². The first-order chi connectivity index (χ1) is 12.5. The average molecular weight is 366 g/mol. The average Bonchev–Trinajstić information content (AvgIpc) is 2.99. The van der Waals surface area contributed by atoms with Crippen LogP contribution in [0.2, 0.25) is 0 Å². The van der Waals surface area contributed by atoms with Crippen molar-refractivity contribution in [2.45, 2.75) is 0 Å². The summed E-state index contributed by atoms with van der Waals surface area (Å²) in [5, 5.41) is 25.7. The lowest BCUT2D eigenvalue weighted by Crippen LogP contribution is -2.12. The second-order valence-corrected chi connectivity index (χ2v) is 6.03. The van der Waals surface area contributed by atoms with Gasteiger partial charge in [0.15, 0.2) is 22.7 Å². The number of hydrogen-bond acceptors (Lipinski definition) is 6. The standard InChI is InChI=1S/C17H14N6O2S/c1-23-15-13(14(22-23)16(24)25)12(7-8-19-15)10-3-5-11(6-4-10)21-17(26-2)20-9-18/h3-8H,1-2H3,(H,20,21)(H,24,25). The van der Waals surface area contributed by atoms with Gasteiger partial charge in [-0.1, -0.05) is 23.9 Å². The molecular formula is C17H14N6O2S. The number of benzene rings is 1. The Morgan fingerprint density at radius 1 is 1.35 bits per heavy atom. The van der Waals surface area contributed by atoms with E-state index >= 15 is 0 Å². The van der Waals surface area contributed by atoms with Crippen molar-refractivity contribution in [1.82, 2.24) is 20.1 Å². The molecule has 0 aliphatic heterocycles. The summed E-state index contributed by atoms with van der Waals surface area (Å²) in [5.41, 5.74) is 2.71. The Bertz CT molecular complexity index is 1050. The topological polar surface area (TPSA) is 116 Å². The lowest BCUT2D eigenvalue weighted by molar-refractivity contribution is 0.0691. The van der Waals surface area contributed by atoms with Crippen LogP contribution in [0.4, 0.5) is 5.69 Å². The molecule has 8 nitrogen and oxygen atoms in total. The molecule has 2 N–H and O–H groups in total. The molecule has 9 heteroatoms. The number of fused-ring (bicyclic) bond motifs is 1. The quantitative estimate of drug-likeness (QED) is 0.317. The summed E-state index contributed by atoms with van der Waals surface area (Å²) < 4.78 is 1.46. The minimum Gasteiger partial charge on any atom is -0.476 e. The molecule has 0 radical (unpaired) electrons. The van der Waals surface area contributed by atoms with Crippen LogP contribution in [0.25, 0.3) is 22.2 Å². The third kappa shape index (κ3) is 3.22. The van der Waals surface area contributed by atoms with E-state index in [0.717, 1.165) is 11.1 Å². The lowest BCUT2D eigenvalue weighted by Gasteiger charge is -2.05. The van der Waals surface area contributed by atoms with Crippen LogP contribution in [0.5, 0.6) is 0 Å². The van der Waals surface area contributed by atoms with Crippen LogP contribution in [-0.2, 0) is 7.05 Å². The molecule has 2 aromatic heterocycles. The number of aromatic carboxylic acids is 1. The Balaban J connectivity index is 2.08. The van der Waals surface area contributed by atoms with E-state index in [-0.39, 0.29) is 5.69 Å². The maximum atomic E-state index is 11.5. The summed E-state index contributed by atoms with van der Waals surface area (Å²) in [6.07, 6.45) is 5.29. The number of pyridine rings is 1. The first kappa shape index (κ1) is 17.4. The third-order valence-corrected chi connectivity index (χ3v) is 4.27. The number of hydrogen-bond donors (Lipinski definition) is 2. The molecule has 3 aromatic rings. The van der Waals surface area contributed by atoms with Gasteiger partial charge in [-0.05, 0) is 35.6 Å². The van der Waals surface area contributed by atoms with E-state index in [0.29, 0.717) is 21.9 Å². The van der Waals surface area contributed by atoms with Crippen LogP contribution in [0.1, 0.15) is 10.5 Å². The molecule has 1 aromatic carbocycles. The summed E-state index contributed by atoms with van der Waals surface area (Å²) >= 11 is 1.33. The molecule has 0 aliphatic rings. The van der Waals surface area contributed by atoms with Crippen molar-refractivity contribution in [3.8, 4) is 17.3 Å². The second kappa shape index (κ2) is 7.25. The van der Waals surface area contributed by atoms with Gasteiger partial charge in [0.1, 0.15) is 0 Å². The number of aliphatic imine (C=N–C) groups is 1. The maximum Gasteiger partial charge on any atom is 0.357 e. The number of carboxylic acid groups (broad SMARTS) is 1. The number of nitriles is 1. The fourth-order valence-electron chi connectivity index (χ4n) is 2.57. The summed E-state index contributed by atoms with van der Waals surface area (Å²) in [6, 6.07) is 9.05. The van der Waals surface area contributed by atoms with Gasteiger partial charge in [0.2, 0.25) is 0 Å². The predicted octanol–water partition coefficient (Wildman–Crippen LogP) is 2.75. The molecule has 0 fully saturated rings. The number of thioether (sulfide) groups is 1. The minimum atomic E-state index is -1.10. The van der Waals surface area contributed by atoms with E-state index in [1.165, 1.54) is 16.4 Å². The molecule has 0 spiro atoms. The van der Waals surface area contributed by atoms with Gasteiger partial charge in [0, 0.05) is 13.2 Å².